The number of carboxylic acid groups (broad SMARTS) is 1. The van der Waals surface area contributed by atoms with E-state index in [0.29, 0.717) is 24.2 Å². The Balaban J connectivity index is 2.42. The van der Waals surface area contributed by atoms with Crippen molar-refractivity contribution in [3.63, 3.8) is 0 Å². The van der Waals surface area contributed by atoms with E-state index in [1.54, 1.807) is 0 Å². The molecule has 19 heavy (non-hydrogen) atoms. The van der Waals surface area contributed by atoms with E-state index in [1.165, 1.54) is 6.42 Å². The van der Waals surface area contributed by atoms with Gasteiger partial charge in [-0.1, -0.05) is 27.2 Å². The molecule has 4 nitrogen and oxygen atoms in total. The summed E-state index contributed by atoms with van der Waals surface area (Å²) in [6, 6.07) is 0. The van der Waals surface area contributed by atoms with Crippen molar-refractivity contribution in [1.29, 1.82) is 0 Å². The van der Waals surface area contributed by atoms with E-state index in [0.717, 1.165) is 12.8 Å². The minimum absolute atomic E-state index is 0.0149. The fourth-order valence-electron chi connectivity index (χ4n) is 2.86. The summed E-state index contributed by atoms with van der Waals surface area (Å²) in [6.45, 7) is 6.54. The van der Waals surface area contributed by atoms with Crippen molar-refractivity contribution < 1.29 is 19.4 Å². The van der Waals surface area contributed by atoms with Crippen LogP contribution in [-0.2, 0) is 14.3 Å². The molecule has 0 spiro atoms. The van der Waals surface area contributed by atoms with Gasteiger partial charge < -0.3 is 9.84 Å². The van der Waals surface area contributed by atoms with E-state index in [-0.39, 0.29) is 24.9 Å². The van der Waals surface area contributed by atoms with Crippen LogP contribution in [-0.4, -0.2) is 23.1 Å². The lowest BCUT2D eigenvalue weighted by Gasteiger charge is -2.36. The van der Waals surface area contributed by atoms with E-state index in [1.807, 2.05) is 0 Å². The van der Waals surface area contributed by atoms with E-state index < -0.39 is 5.97 Å². The van der Waals surface area contributed by atoms with Gasteiger partial charge in [0.15, 0.2) is 0 Å². The number of rotatable bonds is 6. The smallest absolute Gasteiger partial charge is 0.306 e. The lowest BCUT2D eigenvalue weighted by molar-refractivity contribution is -0.156. The molecule has 0 aliphatic heterocycles. The molecule has 0 aromatic carbocycles. The van der Waals surface area contributed by atoms with Crippen molar-refractivity contribution >= 4 is 11.9 Å². The molecule has 0 aromatic heterocycles. The second-order valence-corrected chi connectivity index (χ2v) is 6.10. The third kappa shape index (κ3) is 5.62. The Bertz CT molecular complexity index is 311. The van der Waals surface area contributed by atoms with E-state index in [9.17, 15) is 9.59 Å². The molecule has 4 heteroatoms. The Labute approximate surface area is 115 Å². The maximum absolute atomic E-state index is 11.8. The van der Waals surface area contributed by atoms with E-state index in [2.05, 4.69) is 20.8 Å². The molecular weight excluding hydrogens is 244 g/mol. The van der Waals surface area contributed by atoms with Crippen LogP contribution in [0.5, 0.6) is 0 Å². The number of carboxylic acids is 1. The summed E-state index contributed by atoms with van der Waals surface area (Å²) in [5.74, 6) is 0.459. The second kappa shape index (κ2) is 7.51. The molecule has 3 atom stereocenters. The first-order valence-corrected chi connectivity index (χ1v) is 7.31. The molecular formula is C15H26O4. The van der Waals surface area contributed by atoms with Gasteiger partial charge in [-0.15, -0.1) is 0 Å². The topological polar surface area (TPSA) is 63.6 Å². The van der Waals surface area contributed by atoms with Gasteiger partial charge in [-0.3, -0.25) is 9.59 Å². The number of aliphatic carboxylic acids is 1. The summed E-state index contributed by atoms with van der Waals surface area (Å²) >= 11 is 0. The highest BCUT2D eigenvalue weighted by Gasteiger charge is 2.33. The molecule has 0 amide bonds. The average molecular weight is 270 g/mol. The summed E-state index contributed by atoms with van der Waals surface area (Å²) in [5.41, 5.74) is 0. The van der Waals surface area contributed by atoms with E-state index in [4.69, 9.17) is 9.84 Å². The summed E-state index contributed by atoms with van der Waals surface area (Å²) in [6.07, 6.45) is 3.88. The van der Waals surface area contributed by atoms with Gasteiger partial charge in [0, 0.05) is 12.8 Å². The second-order valence-electron chi connectivity index (χ2n) is 6.10. The summed E-state index contributed by atoms with van der Waals surface area (Å²) < 4.78 is 5.59. The molecule has 110 valence electrons. The maximum Gasteiger partial charge on any atom is 0.306 e. The number of esters is 1. The maximum atomic E-state index is 11.8. The highest BCUT2D eigenvalue weighted by Crippen LogP contribution is 2.35. The molecule has 0 heterocycles. The number of hydrogen-bond donors (Lipinski definition) is 1. The first kappa shape index (κ1) is 16.0. The van der Waals surface area contributed by atoms with Gasteiger partial charge in [-0.2, -0.15) is 0 Å². The van der Waals surface area contributed by atoms with Gasteiger partial charge in [0.25, 0.3) is 0 Å². The molecule has 1 aliphatic rings. The molecule has 1 rings (SSSR count). The normalized spacial score (nSPS) is 27.3. The molecule has 0 bridgehead atoms. The average Bonchev–Trinajstić information content (AvgIpc) is 2.27. The number of hydrogen-bond acceptors (Lipinski definition) is 3. The van der Waals surface area contributed by atoms with Crippen molar-refractivity contribution in [3.05, 3.63) is 0 Å². The van der Waals surface area contributed by atoms with Crippen LogP contribution < -0.4 is 0 Å². The Morgan fingerprint density at radius 2 is 1.95 bits per heavy atom. The van der Waals surface area contributed by atoms with Gasteiger partial charge in [-0.25, -0.2) is 0 Å². The quantitative estimate of drug-likeness (QED) is 0.752. The third-order valence-electron chi connectivity index (χ3n) is 4.02. The highest BCUT2D eigenvalue weighted by atomic mass is 16.5. The molecule has 1 aliphatic carbocycles. The van der Waals surface area contributed by atoms with Crippen LogP contribution in [0, 0.1) is 17.8 Å². The molecule has 1 fully saturated rings. The highest BCUT2D eigenvalue weighted by molar-refractivity contribution is 5.71. The van der Waals surface area contributed by atoms with Crippen LogP contribution >= 0.6 is 0 Å². The van der Waals surface area contributed by atoms with Crippen molar-refractivity contribution in [2.24, 2.45) is 17.8 Å². The van der Waals surface area contributed by atoms with Crippen LogP contribution in [0.3, 0.4) is 0 Å². The van der Waals surface area contributed by atoms with Gasteiger partial charge in [0.05, 0.1) is 0 Å². The summed E-state index contributed by atoms with van der Waals surface area (Å²) in [4.78, 5) is 22.2. The number of ether oxygens (including phenoxy) is 1. The predicted molar refractivity (Wildman–Crippen MR) is 72.7 cm³/mol. The van der Waals surface area contributed by atoms with Crippen LogP contribution in [0.1, 0.15) is 59.3 Å². The van der Waals surface area contributed by atoms with Crippen molar-refractivity contribution in [2.45, 2.75) is 65.4 Å². The molecule has 0 radical (unpaired) electrons. The number of carbonyl (C=O) groups is 2. The lowest BCUT2D eigenvalue weighted by atomic mass is 9.75. The zero-order valence-corrected chi connectivity index (χ0v) is 12.2. The molecule has 1 N–H and O–H groups in total. The van der Waals surface area contributed by atoms with Crippen molar-refractivity contribution in [3.8, 4) is 0 Å². The minimum Gasteiger partial charge on any atom is -0.481 e. The largest absolute Gasteiger partial charge is 0.481 e. The zero-order valence-electron chi connectivity index (χ0n) is 12.2. The first-order chi connectivity index (χ1) is 8.90. The SMILES string of the molecule is CC1CCC(C(C)C)C(OC(=O)CCCC(=O)O)C1. The Hall–Kier alpha value is -1.06. The monoisotopic (exact) mass is 270 g/mol. The molecule has 0 aromatic rings. The molecule has 0 saturated heterocycles. The zero-order chi connectivity index (χ0) is 14.4. The van der Waals surface area contributed by atoms with Crippen LogP contribution in [0.15, 0.2) is 0 Å². The fraction of sp³-hybridized carbons (Fsp3) is 0.867. The summed E-state index contributed by atoms with van der Waals surface area (Å²) in [5, 5.41) is 8.55. The first-order valence-electron chi connectivity index (χ1n) is 7.31. The molecule has 1 saturated carbocycles. The van der Waals surface area contributed by atoms with Crippen LogP contribution in [0.2, 0.25) is 0 Å². The standard InChI is InChI=1S/C15H26O4/c1-10(2)12-8-7-11(3)9-13(12)19-15(18)6-4-5-14(16)17/h10-13H,4-9H2,1-3H3,(H,16,17). The van der Waals surface area contributed by atoms with Crippen molar-refractivity contribution in [2.75, 3.05) is 0 Å². The Morgan fingerprint density at radius 1 is 1.26 bits per heavy atom. The van der Waals surface area contributed by atoms with Crippen molar-refractivity contribution in [1.82, 2.24) is 0 Å². The van der Waals surface area contributed by atoms with Crippen LogP contribution in [0.4, 0.5) is 0 Å². The van der Waals surface area contributed by atoms with E-state index >= 15 is 0 Å². The lowest BCUT2D eigenvalue weighted by Crippen LogP contribution is -2.35. The molecule has 3 unspecified atom stereocenters. The van der Waals surface area contributed by atoms with Gasteiger partial charge in [-0.05, 0) is 37.0 Å². The minimum atomic E-state index is -0.862. The number of carbonyl (C=O) groups excluding carboxylic acids is 1. The van der Waals surface area contributed by atoms with Crippen LogP contribution in [0.25, 0.3) is 0 Å². The predicted octanol–water partition coefficient (Wildman–Crippen LogP) is 3.25. The Morgan fingerprint density at radius 3 is 2.53 bits per heavy atom. The Kier molecular flexibility index (Phi) is 6.32. The van der Waals surface area contributed by atoms with Gasteiger partial charge in [0.2, 0.25) is 0 Å². The third-order valence-corrected chi connectivity index (χ3v) is 4.02. The summed E-state index contributed by atoms with van der Waals surface area (Å²) in [7, 11) is 0. The fourth-order valence-corrected chi connectivity index (χ4v) is 2.86. The van der Waals surface area contributed by atoms with Gasteiger partial charge >= 0.3 is 11.9 Å². The van der Waals surface area contributed by atoms with Gasteiger partial charge in [0.1, 0.15) is 6.10 Å².